The average molecular weight is 235 g/mol. The van der Waals surface area contributed by atoms with Gasteiger partial charge in [-0.2, -0.15) is 0 Å². The topological polar surface area (TPSA) is 83.4 Å². The van der Waals surface area contributed by atoms with E-state index in [9.17, 15) is 9.59 Å². The molecule has 1 fully saturated rings. The normalized spacial score (nSPS) is 20.0. The van der Waals surface area contributed by atoms with Crippen LogP contribution < -0.4 is 0 Å². The summed E-state index contributed by atoms with van der Waals surface area (Å²) in [4.78, 5) is 32.2. The molecule has 6 heteroatoms. The molecule has 1 amide bonds. The first-order valence-corrected chi connectivity index (χ1v) is 5.46. The molecule has 0 saturated carbocycles. The Morgan fingerprint density at radius 2 is 2.24 bits per heavy atom. The average Bonchev–Trinajstić information content (AvgIpc) is 2.39. The molecular formula is C11H13N3O3. The third kappa shape index (κ3) is 2.58. The number of nitrogens with zero attached hydrogens (tertiary/aromatic N) is 3. The standard InChI is InChI=1S/C11H13N3O3/c15-10(9-6-12-3-4-13-9)14-5-1-2-8(7-14)11(16)17/h3-4,6,8H,1-2,5,7H2,(H,16,17)/t8-/m0/s1. The van der Waals surface area contributed by atoms with E-state index in [0.717, 1.165) is 0 Å². The Morgan fingerprint density at radius 3 is 2.88 bits per heavy atom. The van der Waals surface area contributed by atoms with Crippen molar-refractivity contribution < 1.29 is 14.7 Å². The highest BCUT2D eigenvalue weighted by Crippen LogP contribution is 2.17. The number of rotatable bonds is 2. The minimum atomic E-state index is -0.846. The summed E-state index contributed by atoms with van der Waals surface area (Å²) in [6, 6.07) is 0. The van der Waals surface area contributed by atoms with E-state index in [-0.39, 0.29) is 18.1 Å². The Balaban J connectivity index is 2.07. The van der Waals surface area contributed by atoms with Crippen LogP contribution in [0.5, 0.6) is 0 Å². The second-order valence-corrected chi connectivity index (χ2v) is 4.02. The van der Waals surface area contributed by atoms with E-state index in [4.69, 9.17) is 5.11 Å². The van der Waals surface area contributed by atoms with Crippen LogP contribution in [0.1, 0.15) is 23.3 Å². The predicted molar refractivity (Wildman–Crippen MR) is 58.3 cm³/mol. The molecule has 0 aliphatic carbocycles. The summed E-state index contributed by atoms with van der Waals surface area (Å²) in [5, 5.41) is 8.94. The number of carbonyl (C=O) groups excluding carboxylic acids is 1. The van der Waals surface area contributed by atoms with E-state index in [1.165, 1.54) is 23.5 Å². The molecule has 1 aliphatic rings. The molecule has 1 N–H and O–H groups in total. The van der Waals surface area contributed by atoms with E-state index in [1.807, 2.05) is 0 Å². The summed E-state index contributed by atoms with van der Waals surface area (Å²) >= 11 is 0. The van der Waals surface area contributed by atoms with Gasteiger partial charge in [-0.3, -0.25) is 14.6 Å². The van der Waals surface area contributed by atoms with Crippen molar-refractivity contribution in [2.24, 2.45) is 5.92 Å². The van der Waals surface area contributed by atoms with Crippen LogP contribution in [0.25, 0.3) is 0 Å². The largest absolute Gasteiger partial charge is 0.481 e. The highest BCUT2D eigenvalue weighted by Gasteiger charge is 2.29. The van der Waals surface area contributed by atoms with Crippen molar-refractivity contribution >= 4 is 11.9 Å². The van der Waals surface area contributed by atoms with Crippen LogP contribution in [0.2, 0.25) is 0 Å². The third-order valence-corrected chi connectivity index (χ3v) is 2.84. The van der Waals surface area contributed by atoms with E-state index in [2.05, 4.69) is 9.97 Å². The summed E-state index contributed by atoms with van der Waals surface area (Å²) in [5.41, 5.74) is 0.263. The van der Waals surface area contributed by atoms with Crippen molar-refractivity contribution in [3.05, 3.63) is 24.3 Å². The quantitative estimate of drug-likeness (QED) is 0.802. The molecule has 1 aromatic heterocycles. The molecule has 2 heterocycles. The van der Waals surface area contributed by atoms with Gasteiger partial charge in [0.2, 0.25) is 0 Å². The zero-order valence-corrected chi connectivity index (χ0v) is 9.24. The smallest absolute Gasteiger partial charge is 0.308 e. The molecule has 1 aliphatic heterocycles. The first kappa shape index (κ1) is 11.5. The lowest BCUT2D eigenvalue weighted by molar-refractivity contribution is -0.143. The lowest BCUT2D eigenvalue weighted by atomic mass is 9.98. The molecule has 17 heavy (non-hydrogen) atoms. The summed E-state index contributed by atoms with van der Waals surface area (Å²) < 4.78 is 0. The lowest BCUT2D eigenvalue weighted by Crippen LogP contribution is -2.42. The van der Waals surface area contributed by atoms with Gasteiger partial charge in [0.25, 0.3) is 5.91 Å². The number of carboxylic acid groups (broad SMARTS) is 1. The molecule has 1 saturated heterocycles. The second kappa shape index (κ2) is 4.90. The van der Waals surface area contributed by atoms with Crippen LogP contribution >= 0.6 is 0 Å². The van der Waals surface area contributed by atoms with Crippen molar-refractivity contribution in [1.29, 1.82) is 0 Å². The number of hydrogen-bond acceptors (Lipinski definition) is 4. The van der Waals surface area contributed by atoms with Gasteiger partial charge in [0.05, 0.1) is 12.1 Å². The van der Waals surface area contributed by atoms with Gasteiger partial charge in [0.15, 0.2) is 0 Å². The van der Waals surface area contributed by atoms with Gasteiger partial charge in [-0.15, -0.1) is 0 Å². The first-order valence-electron chi connectivity index (χ1n) is 5.46. The van der Waals surface area contributed by atoms with Crippen molar-refractivity contribution in [3.8, 4) is 0 Å². The third-order valence-electron chi connectivity index (χ3n) is 2.84. The van der Waals surface area contributed by atoms with Gasteiger partial charge in [-0.1, -0.05) is 0 Å². The molecule has 0 radical (unpaired) electrons. The number of carbonyl (C=O) groups is 2. The van der Waals surface area contributed by atoms with Gasteiger partial charge < -0.3 is 10.0 Å². The van der Waals surface area contributed by atoms with Crippen molar-refractivity contribution in [1.82, 2.24) is 14.9 Å². The number of amides is 1. The SMILES string of the molecule is O=C(O)[C@H]1CCCN(C(=O)c2cnccn2)C1. The fourth-order valence-electron chi connectivity index (χ4n) is 1.93. The van der Waals surface area contributed by atoms with Crippen LogP contribution in [0.15, 0.2) is 18.6 Å². The Labute approximate surface area is 98.3 Å². The van der Waals surface area contributed by atoms with E-state index < -0.39 is 11.9 Å². The van der Waals surface area contributed by atoms with Crippen LogP contribution in [0, 0.1) is 5.92 Å². The fraction of sp³-hybridized carbons (Fsp3) is 0.455. The highest BCUT2D eigenvalue weighted by atomic mass is 16.4. The van der Waals surface area contributed by atoms with Crippen LogP contribution in [0.3, 0.4) is 0 Å². The summed E-state index contributed by atoms with van der Waals surface area (Å²) in [6.45, 7) is 0.837. The Hall–Kier alpha value is -1.98. The van der Waals surface area contributed by atoms with Gasteiger partial charge in [-0.25, -0.2) is 4.98 Å². The van der Waals surface area contributed by atoms with E-state index in [0.29, 0.717) is 19.4 Å². The molecule has 0 bridgehead atoms. The van der Waals surface area contributed by atoms with Crippen molar-refractivity contribution in [2.75, 3.05) is 13.1 Å². The number of hydrogen-bond donors (Lipinski definition) is 1. The number of carboxylic acids is 1. The molecule has 1 atom stereocenters. The van der Waals surface area contributed by atoms with Gasteiger partial charge in [-0.05, 0) is 12.8 Å². The lowest BCUT2D eigenvalue weighted by Gasteiger charge is -2.30. The predicted octanol–water partition coefficient (Wildman–Crippen LogP) is 0.413. The monoisotopic (exact) mass is 235 g/mol. The number of aliphatic carboxylic acids is 1. The maximum Gasteiger partial charge on any atom is 0.308 e. The molecule has 0 aromatic carbocycles. The van der Waals surface area contributed by atoms with Crippen LogP contribution in [-0.2, 0) is 4.79 Å². The number of aromatic nitrogens is 2. The van der Waals surface area contributed by atoms with Crippen LogP contribution in [0.4, 0.5) is 0 Å². The number of piperidine rings is 1. The van der Waals surface area contributed by atoms with Gasteiger partial charge in [0, 0.05) is 25.5 Å². The molecule has 1 aromatic rings. The molecular weight excluding hydrogens is 222 g/mol. The maximum atomic E-state index is 12.0. The van der Waals surface area contributed by atoms with Gasteiger partial charge >= 0.3 is 5.97 Å². The highest BCUT2D eigenvalue weighted by molar-refractivity contribution is 5.92. The van der Waals surface area contributed by atoms with E-state index >= 15 is 0 Å². The second-order valence-electron chi connectivity index (χ2n) is 4.02. The Kier molecular flexibility index (Phi) is 3.32. The minimum Gasteiger partial charge on any atom is -0.481 e. The Bertz CT molecular complexity index is 421. The molecule has 2 rings (SSSR count). The first-order chi connectivity index (χ1) is 8.18. The Morgan fingerprint density at radius 1 is 1.41 bits per heavy atom. The zero-order valence-electron chi connectivity index (χ0n) is 9.24. The fourth-order valence-corrected chi connectivity index (χ4v) is 1.93. The molecule has 0 unspecified atom stereocenters. The zero-order chi connectivity index (χ0) is 12.3. The number of likely N-dealkylation sites (tertiary alicyclic amines) is 1. The molecule has 6 nitrogen and oxygen atoms in total. The van der Waals surface area contributed by atoms with E-state index in [1.54, 1.807) is 0 Å². The molecule has 0 spiro atoms. The maximum absolute atomic E-state index is 12.0. The van der Waals surface area contributed by atoms with Crippen molar-refractivity contribution in [2.45, 2.75) is 12.8 Å². The summed E-state index contributed by atoms with van der Waals surface area (Å²) in [7, 11) is 0. The van der Waals surface area contributed by atoms with Crippen LogP contribution in [-0.4, -0.2) is 44.9 Å². The summed E-state index contributed by atoms with van der Waals surface area (Å²) in [5.74, 6) is -1.56. The summed E-state index contributed by atoms with van der Waals surface area (Å²) in [6.07, 6.45) is 5.67. The van der Waals surface area contributed by atoms with Gasteiger partial charge in [0.1, 0.15) is 5.69 Å². The minimum absolute atomic E-state index is 0.246. The molecule has 90 valence electrons. The van der Waals surface area contributed by atoms with Crippen molar-refractivity contribution in [3.63, 3.8) is 0 Å².